The Hall–Kier alpha value is -3.28. The summed E-state index contributed by atoms with van der Waals surface area (Å²) >= 11 is 0. The number of nitrogens with one attached hydrogen (secondary N) is 1. The third-order valence-corrected chi connectivity index (χ3v) is 3.79. The van der Waals surface area contributed by atoms with E-state index in [0.717, 1.165) is 16.7 Å². The molecular formula is C19H18N4O2. The first kappa shape index (κ1) is 16.6. The molecule has 1 N–H and O–H groups in total. The second kappa shape index (κ2) is 7.09. The van der Waals surface area contributed by atoms with Crippen LogP contribution in [-0.2, 0) is 6.54 Å². The summed E-state index contributed by atoms with van der Waals surface area (Å²) in [6.07, 6.45) is 1.61. The van der Waals surface area contributed by atoms with E-state index in [9.17, 15) is 9.59 Å². The molecule has 1 aromatic carbocycles. The third kappa shape index (κ3) is 3.98. The van der Waals surface area contributed by atoms with Crippen molar-refractivity contribution < 1.29 is 4.79 Å². The number of rotatable bonds is 4. The molecule has 6 heteroatoms. The fraction of sp³-hybridized carbons (Fsp3) is 0.158. The molecule has 0 saturated heterocycles. The van der Waals surface area contributed by atoms with Crippen molar-refractivity contribution in [3.05, 3.63) is 87.5 Å². The number of hydrogen-bond acceptors (Lipinski definition) is 4. The van der Waals surface area contributed by atoms with Crippen LogP contribution in [0, 0.1) is 13.8 Å². The van der Waals surface area contributed by atoms with Crippen molar-refractivity contribution in [3.8, 4) is 0 Å². The number of aryl methyl sites for hydroxylation is 2. The average molecular weight is 334 g/mol. The Morgan fingerprint density at radius 1 is 1.08 bits per heavy atom. The number of anilines is 1. The number of benzene rings is 1. The van der Waals surface area contributed by atoms with Gasteiger partial charge < -0.3 is 5.32 Å². The lowest BCUT2D eigenvalue weighted by atomic mass is 10.1. The first-order valence-corrected chi connectivity index (χ1v) is 7.89. The summed E-state index contributed by atoms with van der Waals surface area (Å²) in [5, 5.41) is 6.90. The molecule has 2 aromatic heterocycles. The van der Waals surface area contributed by atoms with Gasteiger partial charge >= 0.3 is 0 Å². The summed E-state index contributed by atoms with van der Waals surface area (Å²) in [5.74, 6) is 0.0741. The van der Waals surface area contributed by atoms with Gasteiger partial charge in [0.15, 0.2) is 0 Å². The quantitative estimate of drug-likeness (QED) is 0.795. The number of carbonyl (C=O) groups is 1. The van der Waals surface area contributed by atoms with Crippen molar-refractivity contribution in [1.29, 1.82) is 0 Å². The SMILES string of the molecule is Cc1ccc(Cn2nc(C(=O)Nc3ncccc3C)ccc2=O)cc1. The van der Waals surface area contributed by atoms with E-state index in [-0.39, 0.29) is 11.3 Å². The lowest BCUT2D eigenvalue weighted by molar-refractivity contribution is 0.101. The van der Waals surface area contributed by atoms with Crippen LogP contribution in [0.15, 0.2) is 59.5 Å². The minimum atomic E-state index is -0.403. The highest BCUT2D eigenvalue weighted by atomic mass is 16.2. The first-order valence-electron chi connectivity index (χ1n) is 7.89. The zero-order valence-corrected chi connectivity index (χ0v) is 14.1. The predicted octanol–water partition coefficient (Wildman–Crippen LogP) is 2.56. The van der Waals surface area contributed by atoms with Crippen LogP contribution in [0.5, 0.6) is 0 Å². The highest BCUT2D eigenvalue weighted by molar-refractivity contribution is 6.02. The van der Waals surface area contributed by atoms with E-state index in [1.165, 1.54) is 16.8 Å². The second-order valence-corrected chi connectivity index (χ2v) is 5.82. The molecule has 0 aliphatic carbocycles. The third-order valence-electron chi connectivity index (χ3n) is 3.79. The lowest BCUT2D eigenvalue weighted by Gasteiger charge is -2.09. The van der Waals surface area contributed by atoms with Gasteiger partial charge in [0.25, 0.3) is 11.5 Å². The van der Waals surface area contributed by atoms with Gasteiger partial charge in [-0.3, -0.25) is 9.59 Å². The van der Waals surface area contributed by atoms with Gasteiger partial charge in [-0.2, -0.15) is 5.10 Å². The van der Waals surface area contributed by atoms with Crippen LogP contribution in [0.2, 0.25) is 0 Å². The highest BCUT2D eigenvalue weighted by Gasteiger charge is 2.12. The number of hydrogen-bond donors (Lipinski definition) is 1. The van der Waals surface area contributed by atoms with E-state index in [4.69, 9.17) is 0 Å². The van der Waals surface area contributed by atoms with E-state index >= 15 is 0 Å². The van der Waals surface area contributed by atoms with Gasteiger partial charge in [0.05, 0.1) is 6.54 Å². The molecule has 126 valence electrons. The van der Waals surface area contributed by atoms with E-state index in [2.05, 4.69) is 15.4 Å². The summed E-state index contributed by atoms with van der Waals surface area (Å²) < 4.78 is 1.28. The molecule has 25 heavy (non-hydrogen) atoms. The molecular weight excluding hydrogens is 316 g/mol. The van der Waals surface area contributed by atoms with Crippen LogP contribution in [0.3, 0.4) is 0 Å². The van der Waals surface area contributed by atoms with E-state index in [0.29, 0.717) is 12.4 Å². The maximum Gasteiger partial charge on any atom is 0.277 e. The normalized spacial score (nSPS) is 10.5. The standard InChI is InChI=1S/C19H18N4O2/c1-13-5-7-15(8-6-13)12-23-17(24)10-9-16(22-23)19(25)21-18-14(2)4-3-11-20-18/h3-11H,12H2,1-2H3,(H,20,21,25). The summed E-state index contributed by atoms with van der Waals surface area (Å²) in [5.41, 5.74) is 2.84. The van der Waals surface area contributed by atoms with E-state index in [1.54, 1.807) is 12.3 Å². The summed E-state index contributed by atoms with van der Waals surface area (Å²) in [7, 11) is 0. The van der Waals surface area contributed by atoms with Gasteiger partial charge in [0.2, 0.25) is 0 Å². The Morgan fingerprint density at radius 2 is 1.84 bits per heavy atom. The minimum absolute atomic E-state index is 0.164. The van der Waals surface area contributed by atoms with Crippen LogP contribution in [-0.4, -0.2) is 20.7 Å². The smallest absolute Gasteiger partial charge is 0.277 e. The zero-order valence-electron chi connectivity index (χ0n) is 14.1. The zero-order chi connectivity index (χ0) is 17.8. The molecule has 3 aromatic rings. The molecule has 0 fully saturated rings. The van der Waals surface area contributed by atoms with Crippen LogP contribution in [0.25, 0.3) is 0 Å². The molecule has 0 aliphatic rings. The highest BCUT2D eigenvalue weighted by Crippen LogP contribution is 2.10. The Bertz CT molecular complexity index is 962. The number of aromatic nitrogens is 3. The summed E-state index contributed by atoms with van der Waals surface area (Å²) in [6.45, 7) is 4.16. The Morgan fingerprint density at radius 3 is 2.56 bits per heavy atom. The molecule has 0 spiro atoms. The van der Waals surface area contributed by atoms with Crippen molar-refractivity contribution in [1.82, 2.24) is 14.8 Å². The number of pyridine rings is 1. The molecule has 0 aliphatic heterocycles. The number of carbonyl (C=O) groups excluding carboxylic acids is 1. The molecule has 0 unspecified atom stereocenters. The van der Waals surface area contributed by atoms with Gasteiger partial charge in [-0.1, -0.05) is 35.9 Å². The molecule has 0 radical (unpaired) electrons. The van der Waals surface area contributed by atoms with Crippen molar-refractivity contribution in [2.45, 2.75) is 20.4 Å². The topological polar surface area (TPSA) is 76.9 Å². The van der Waals surface area contributed by atoms with Crippen molar-refractivity contribution in [2.24, 2.45) is 0 Å². The van der Waals surface area contributed by atoms with E-state index < -0.39 is 5.91 Å². The molecule has 0 bridgehead atoms. The molecule has 1 amide bonds. The first-order chi connectivity index (χ1) is 12.0. The van der Waals surface area contributed by atoms with Crippen molar-refractivity contribution in [3.63, 3.8) is 0 Å². The minimum Gasteiger partial charge on any atom is -0.305 e. The van der Waals surface area contributed by atoms with Crippen molar-refractivity contribution >= 4 is 11.7 Å². The predicted molar refractivity (Wildman–Crippen MR) is 95.7 cm³/mol. The van der Waals surface area contributed by atoms with Crippen LogP contribution in [0.4, 0.5) is 5.82 Å². The molecule has 3 rings (SSSR count). The average Bonchev–Trinajstić information content (AvgIpc) is 2.60. The van der Waals surface area contributed by atoms with Crippen LogP contribution in [0.1, 0.15) is 27.2 Å². The van der Waals surface area contributed by atoms with Gasteiger partial charge in [-0.15, -0.1) is 0 Å². The summed E-state index contributed by atoms with van der Waals surface area (Å²) in [4.78, 5) is 28.6. The maximum atomic E-state index is 12.4. The van der Waals surface area contributed by atoms with Gasteiger partial charge in [-0.25, -0.2) is 9.67 Å². The van der Waals surface area contributed by atoms with Crippen LogP contribution < -0.4 is 10.9 Å². The Kier molecular flexibility index (Phi) is 4.70. The molecule has 6 nitrogen and oxygen atoms in total. The molecule has 0 saturated carbocycles. The Balaban J connectivity index is 1.83. The largest absolute Gasteiger partial charge is 0.305 e. The Labute approximate surface area is 145 Å². The summed E-state index contributed by atoms with van der Waals surface area (Å²) in [6, 6.07) is 14.2. The van der Waals surface area contributed by atoms with Crippen LogP contribution >= 0.6 is 0 Å². The van der Waals surface area contributed by atoms with E-state index in [1.807, 2.05) is 44.2 Å². The number of amides is 1. The fourth-order valence-electron chi connectivity index (χ4n) is 2.34. The number of nitrogens with zero attached hydrogens (tertiary/aromatic N) is 3. The fourth-order valence-corrected chi connectivity index (χ4v) is 2.34. The second-order valence-electron chi connectivity index (χ2n) is 5.82. The monoisotopic (exact) mass is 334 g/mol. The van der Waals surface area contributed by atoms with Gasteiger partial charge in [-0.05, 0) is 37.1 Å². The molecule has 2 heterocycles. The maximum absolute atomic E-state index is 12.4. The van der Waals surface area contributed by atoms with Gasteiger partial charge in [0, 0.05) is 12.3 Å². The van der Waals surface area contributed by atoms with Crippen molar-refractivity contribution in [2.75, 3.05) is 5.32 Å². The lowest BCUT2D eigenvalue weighted by Crippen LogP contribution is -2.26. The van der Waals surface area contributed by atoms with Gasteiger partial charge in [0.1, 0.15) is 11.5 Å². The molecule has 0 atom stereocenters.